The number of benzene rings is 9. The molecule has 0 amide bonds. The SMILES string of the molecule is CC.CC.c1cc(-c2ccc3sc4ccccc4c3c2)cc(-n2c3ccccc3c3c4oc5c(ccc6c5c5ccccc5n6-c5ccc6oc7ccccc7c6c5)c4ccc32)c1. The van der Waals surface area contributed by atoms with E-state index in [9.17, 15) is 0 Å². The van der Waals surface area contributed by atoms with E-state index in [1.807, 2.05) is 51.2 Å². The number of hydrogen-bond acceptors (Lipinski definition) is 3. The first kappa shape index (κ1) is 37.2. The van der Waals surface area contributed by atoms with E-state index in [4.69, 9.17) is 8.83 Å². The van der Waals surface area contributed by atoms with Gasteiger partial charge < -0.3 is 18.0 Å². The van der Waals surface area contributed by atoms with E-state index in [1.54, 1.807) is 0 Å². The number of para-hydroxylation sites is 3. The zero-order valence-electron chi connectivity index (χ0n) is 35.4. The Kier molecular flexibility index (Phi) is 8.56. The molecule has 0 aliphatic heterocycles. The van der Waals surface area contributed by atoms with Crippen molar-refractivity contribution in [1.82, 2.24) is 9.13 Å². The third kappa shape index (κ3) is 5.39. The second-order valence-electron chi connectivity index (χ2n) is 15.6. The van der Waals surface area contributed by atoms with Gasteiger partial charge >= 0.3 is 0 Å². The third-order valence-corrected chi connectivity index (χ3v) is 13.7. The maximum absolute atomic E-state index is 7.23. The van der Waals surface area contributed by atoms with Crippen LogP contribution in [0.15, 0.2) is 191 Å². The first-order valence-electron chi connectivity index (χ1n) is 22.0. The lowest BCUT2D eigenvalue weighted by molar-refractivity contribution is 0.669. The Balaban J connectivity index is 0.00000103. The molecule has 14 aromatic rings. The van der Waals surface area contributed by atoms with Crippen molar-refractivity contribution in [2.75, 3.05) is 0 Å². The minimum atomic E-state index is 0.888. The average molecular weight is 831 g/mol. The highest BCUT2D eigenvalue weighted by molar-refractivity contribution is 7.25. The van der Waals surface area contributed by atoms with Gasteiger partial charge in [-0.05, 0) is 102 Å². The summed E-state index contributed by atoms with van der Waals surface area (Å²) in [6, 6.07) is 65.8. The first-order valence-corrected chi connectivity index (χ1v) is 22.8. The highest BCUT2D eigenvalue weighted by atomic mass is 32.1. The molecule has 9 aromatic carbocycles. The van der Waals surface area contributed by atoms with Gasteiger partial charge in [-0.2, -0.15) is 0 Å². The highest BCUT2D eigenvalue weighted by Crippen LogP contribution is 2.45. The van der Waals surface area contributed by atoms with Crippen LogP contribution in [0, 0.1) is 0 Å². The monoisotopic (exact) mass is 830 g/mol. The van der Waals surface area contributed by atoms with Gasteiger partial charge in [-0.15, -0.1) is 11.3 Å². The summed E-state index contributed by atoms with van der Waals surface area (Å²) >= 11 is 1.86. The first-order chi connectivity index (χ1) is 31.2. The summed E-state index contributed by atoms with van der Waals surface area (Å²) < 4.78 is 20.8. The molecule has 0 bridgehead atoms. The van der Waals surface area contributed by atoms with E-state index in [-0.39, 0.29) is 0 Å². The summed E-state index contributed by atoms with van der Waals surface area (Å²) in [5.74, 6) is 0. The summed E-state index contributed by atoms with van der Waals surface area (Å²) in [6.07, 6.45) is 0. The Hall–Kier alpha value is -7.60. The predicted molar refractivity (Wildman–Crippen MR) is 271 cm³/mol. The number of thiophene rings is 1. The molecular formula is C58H42N2O2S. The van der Waals surface area contributed by atoms with Gasteiger partial charge in [0.25, 0.3) is 0 Å². The van der Waals surface area contributed by atoms with Crippen LogP contribution in [0.5, 0.6) is 0 Å². The van der Waals surface area contributed by atoms with Crippen LogP contribution >= 0.6 is 11.3 Å². The zero-order valence-corrected chi connectivity index (χ0v) is 36.3. The number of hydrogen-bond donors (Lipinski definition) is 0. The van der Waals surface area contributed by atoms with Crippen LogP contribution in [-0.4, -0.2) is 9.13 Å². The second kappa shape index (κ2) is 14.5. The molecular weight excluding hydrogens is 789 g/mol. The van der Waals surface area contributed by atoms with Crippen LogP contribution in [0.3, 0.4) is 0 Å². The fourth-order valence-electron chi connectivity index (χ4n) is 9.94. The molecule has 0 aliphatic carbocycles. The Morgan fingerprint density at radius 3 is 1.59 bits per heavy atom. The number of aromatic nitrogens is 2. The molecule has 0 saturated heterocycles. The van der Waals surface area contributed by atoms with Crippen molar-refractivity contribution in [1.29, 1.82) is 0 Å². The van der Waals surface area contributed by atoms with Gasteiger partial charge in [0.15, 0.2) is 0 Å². The maximum atomic E-state index is 7.23. The Labute approximate surface area is 367 Å². The minimum Gasteiger partial charge on any atom is -0.456 e. The lowest BCUT2D eigenvalue weighted by atomic mass is 10.0. The van der Waals surface area contributed by atoms with Crippen molar-refractivity contribution < 1.29 is 8.83 Å². The average Bonchev–Trinajstić information content (AvgIpc) is 4.16. The molecule has 4 nitrogen and oxygen atoms in total. The van der Waals surface area contributed by atoms with Crippen molar-refractivity contribution in [3.8, 4) is 22.5 Å². The summed E-state index contributed by atoms with van der Waals surface area (Å²) in [4.78, 5) is 0. The summed E-state index contributed by atoms with van der Waals surface area (Å²) in [5.41, 5.74) is 12.7. The second-order valence-corrected chi connectivity index (χ2v) is 16.7. The van der Waals surface area contributed by atoms with Gasteiger partial charge in [-0.25, -0.2) is 0 Å². The van der Waals surface area contributed by atoms with Gasteiger partial charge in [-0.1, -0.05) is 119 Å². The van der Waals surface area contributed by atoms with Gasteiger partial charge in [0, 0.05) is 63.9 Å². The van der Waals surface area contributed by atoms with Crippen LogP contribution in [-0.2, 0) is 0 Å². The molecule has 0 saturated carbocycles. The van der Waals surface area contributed by atoms with Gasteiger partial charge in [-0.3, -0.25) is 0 Å². The Morgan fingerprint density at radius 2 is 0.889 bits per heavy atom. The molecule has 0 fully saturated rings. The molecule has 302 valence electrons. The van der Waals surface area contributed by atoms with E-state index < -0.39 is 0 Å². The lowest BCUT2D eigenvalue weighted by Gasteiger charge is -2.10. The van der Waals surface area contributed by atoms with E-state index in [1.165, 1.54) is 36.7 Å². The smallest absolute Gasteiger partial charge is 0.145 e. The molecule has 0 spiro atoms. The summed E-state index contributed by atoms with van der Waals surface area (Å²) in [7, 11) is 0. The molecule has 0 N–H and O–H groups in total. The molecule has 5 heteroatoms. The molecule has 63 heavy (non-hydrogen) atoms. The standard InChI is InChI=1S/C54H30N2O2S.2C2H6/c1-5-16-43-39(14-1)51-45(55(43)33-11-9-10-31(28-33)32-20-27-50-42(29-32)36-13-4-8-19-49(36)59-50)24-22-37-38-23-25-46-52(54(38)58-53(37)51)40-15-2-6-17-44(40)56(46)34-21-26-48-41(30-34)35-12-3-7-18-47(35)57-48;2*1-2/h1-30H;2*1-2H3. The number of furan rings is 2. The topological polar surface area (TPSA) is 36.1 Å². The van der Waals surface area contributed by atoms with E-state index in [0.29, 0.717) is 0 Å². The van der Waals surface area contributed by atoms with E-state index >= 15 is 0 Å². The Morgan fingerprint density at radius 1 is 0.333 bits per heavy atom. The highest BCUT2D eigenvalue weighted by Gasteiger charge is 2.23. The lowest BCUT2D eigenvalue weighted by Crippen LogP contribution is -1.94. The van der Waals surface area contributed by atoms with Gasteiger partial charge in [0.05, 0.1) is 32.8 Å². The zero-order chi connectivity index (χ0) is 42.3. The minimum absolute atomic E-state index is 0.888. The van der Waals surface area contributed by atoms with E-state index in [2.05, 4.69) is 179 Å². The molecule has 0 unspecified atom stereocenters. The largest absolute Gasteiger partial charge is 0.456 e. The van der Waals surface area contributed by atoms with Crippen LogP contribution in [0.25, 0.3) is 130 Å². The van der Waals surface area contributed by atoms with Crippen LogP contribution in [0.2, 0.25) is 0 Å². The van der Waals surface area contributed by atoms with Crippen molar-refractivity contribution >= 4 is 119 Å². The molecule has 5 heterocycles. The molecule has 5 aromatic heterocycles. The molecule has 0 radical (unpaired) electrons. The van der Waals surface area contributed by atoms with Crippen molar-refractivity contribution in [2.45, 2.75) is 27.7 Å². The van der Waals surface area contributed by atoms with Gasteiger partial charge in [0.1, 0.15) is 22.3 Å². The third-order valence-electron chi connectivity index (χ3n) is 12.5. The summed E-state index contributed by atoms with van der Waals surface area (Å²) in [5, 5.41) is 11.7. The van der Waals surface area contributed by atoms with Gasteiger partial charge in [0.2, 0.25) is 0 Å². The van der Waals surface area contributed by atoms with Crippen molar-refractivity contribution in [3.63, 3.8) is 0 Å². The van der Waals surface area contributed by atoms with E-state index in [0.717, 1.165) is 93.5 Å². The van der Waals surface area contributed by atoms with Crippen LogP contribution < -0.4 is 0 Å². The fourth-order valence-corrected chi connectivity index (χ4v) is 11.0. The molecule has 14 rings (SSSR count). The maximum Gasteiger partial charge on any atom is 0.145 e. The Bertz CT molecular complexity index is 4100. The predicted octanol–water partition coefficient (Wildman–Crippen LogP) is 17.8. The van der Waals surface area contributed by atoms with Crippen LogP contribution in [0.1, 0.15) is 27.7 Å². The van der Waals surface area contributed by atoms with Crippen molar-refractivity contribution in [2.24, 2.45) is 0 Å². The molecule has 0 aliphatic rings. The van der Waals surface area contributed by atoms with Crippen molar-refractivity contribution in [3.05, 3.63) is 182 Å². The fraction of sp³-hybridized carbons (Fsp3) is 0.0690. The summed E-state index contributed by atoms with van der Waals surface area (Å²) in [6.45, 7) is 8.00. The number of fused-ring (bicyclic) bond motifs is 17. The quantitative estimate of drug-likeness (QED) is 0.178. The van der Waals surface area contributed by atoms with Crippen LogP contribution in [0.4, 0.5) is 0 Å². The number of nitrogens with zero attached hydrogens (tertiary/aromatic N) is 2. The normalized spacial score (nSPS) is 11.8. The number of rotatable bonds is 3. The molecule has 0 atom stereocenters.